The topological polar surface area (TPSA) is 138 Å². The van der Waals surface area contributed by atoms with Gasteiger partial charge in [-0.3, -0.25) is 24.2 Å². The van der Waals surface area contributed by atoms with E-state index in [0.717, 1.165) is 11.3 Å². The Bertz CT molecular complexity index is 1650. The highest BCUT2D eigenvalue weighted by Crippen LogP contribution is 2.30. The molecule has 4 aliphatic heterocycles. The van der Waals surface area contributed by atoms with Gasteiger partial charge in [0.15, 0.2) is 0 Å². The van der Waals surface area contributed by atoms with Gasteiger partial charge in [0.2, 0.25) is 0 Å². The molecule has 256 valence electrons. The summed E-state index contributed by atoms with van der Waals surface area (Å²) in [7, 11) is 0. The second kappa shape index (κ2) is 14.0. The number of anilines is 4. The molecule has 0 bridgehead atoms. The van der Waals surface area contributed by atoms with Crippen LogP contribution in [-0.2, 0) is 28.5 Å². The molecule has 2 aromatic carbocycles. The molecule has 2 atom stereocenters. The van der Waals surface area contributed by atoms with Crippen molar-refractivity contribution in [1.29, 1.82) is 0 Å². The van der Waals surface area contributed by atoms with E-state index in [1.54, 1.807) is 70.5 Å². The van der Waals surface area contributed by atoms with E-state index >= 15 is 0 Å². The molecule has 0 aliphatic carbocycles. The first-order valence-electron chi connectivity index (χ1n) is 15.7. The summed E-state index contributed by atoms with van der Waals surface area (Å²) in [5.74, 6) is -0.598. The van der Waals surface area contributed by atoms with Crippen molar-refractivity contribution in [3.63, 3.8) is 0 Å². The summed E-state index contributed by atoms with van der Waals surface area (Å²) in [5, 5.41) is 0. The van der Waals surface area contributed by atoms with Gasteiger partial charge in [-0.15, -0.1) is 11.3 Å². The number of benzene rings is 2. The second-order valence-electron chi connectivity index (χ2n) is 11.8. The molecule has 14 nitrogen and oxygen atoms in total. The van der Waals surface area contributed by atoms with E-state index in [2.05, 4.69) is 0 Å². The number of thiophene rings is 1. The fourth-order valence-corrected chi connectivity index (χ4v) is 7.19. The zero-order chi connectivity index (χ0) is 34.1. The minimum Gasteiger partial charge on any atom is -0.442 e. The molecule has 4 fully saturated rings. The van der Waals surface area contributed by atoms with Gasteiger partial charge < -0.3 is 33.6 Å². The maximum atomic E-state index is 13.7. The molecule has 0 N–H and O–H groups in total. The van der Waals surface area contributed by atoms with E-state index in [9.17, 15) is 24.0 Å². The predicted octanol–water partition coefficient (Wildman–Crippen LogP) is 3.62. The summed E-state index contributed by atoms with van der Waals surface area (Å²) < 4.78 is 22.2. The molecule has 49 heavy (non-hydrogen) atoms. The van der Waals surface area contributed by atoms with E-state index < -0.39 is 24.4 Å². The van der Waals surface area contributed by atoms with E-state index in [-0.39, 0.29) is 57.1 Å². The molecule has 0 unspecified atom stereocenters. The summed E-state index contributed by atoms with van der Waals surface area (Å²) >= 11 is 7.27. The van der Waals surface area contributed by atoms with Crippen molar-refractivity contribution in [2.75, 3.05) is 85.3 Å². The van der Waals surface area contributed by atoms with Gasteiger partial charge in [0.25, 0.3) is 17.7 Å². The van der Waals surface area contributed by atoms with Crippen molar-refractivity contribution < 1.29 is 42.9 Å². The van der Waals surface area contributed by atoms with E-state index in [4.69, 9.17) is 30.5 Å². The number of cyclic esters (lactones) is 2. The Morgan fingerprint density at radius 1 is 0.673 bits per heavy atom. The Morgan fingerprint density at radius 3 is 1.49 bits per heavy atom. The average Bonchev–Trinajstić information content (AvgIpc) is 3.82. The smallest absolute Gasteiger partial charge is 0.414 e. The van der Waals surface area contributed by atoms with Gasteiger partial charge in [-0.2, -0.15) is 0 Å². The molecule has 3 aromatic rings. The molecule has 5 amide bonds. The molecule has 5 heterocycles. The third kappa shape index (κ3) is 7.06. The lowest BCUT2D eigenvalue weighted by Gasteiger charge is -2.27. The molecule has 4 aliphatic rings. The second-order valence-corrected chi connectivity index (χ2v) is 13.5. The quantitative estimate of drug-likeness (QED) is 0.326. The lowest BCUT2D eigenvalue weighted by molar-refractivity contribution is -0.126. The lowest BCUT2D eigenvalue weighted by atomic mass is 10.2. The van der Waals surface area contributed by atoms with Crippen molar-refractivity contribution in [2.45, 2.75) is 12.2 Å². The summed E-state index contributed by atoms with van der Waals surface area (Å²) in [5.41, 5.74) is 2.58. The van der Waals surface area contributed by atoms with Crippen LogP contribution in [0.15, 0.2) is 60.7 Å². The summed E-state index contributed by atoms with van der Waals surface area (Å²) in [6.45, 7) is 2.30. The first-order chi connectivity index (χ1) is 23.7. The van der Waals surface area contributed by atoms with Crippen molar-refractivity contribution in [3.05, 3.63) is 69.9 Å². The number of hydrogen-bond donors (Lipinski definition) is 0. The highest BCUT2D eigenvalue weighted by atomic mass is 35.5. The zero-order valence-electron chi connectivity index (χ0n) is 26.2. The third-order valence-electron chi connectivity index (χ3n) is 8.59. The van der Waals surface area contributed by atoms with Crippen molar-refractivity contribution in [2.24, 2.45) is 0 Å². The van der Waals surface area contributed by atoms with E-state index in [0.29, 0.717) is 58.3 Å². The van der Waals surface area contributed by atoms with Gasteiger partial charge in [0.1, 0.15) is 25.4 Å². The molecule has 0 spiro atoms. The van der Waals surface area contributed by atoms with Gasteiger partial charge in [-0.25, -0.2) is 9.59 Å². The normalized spacial score (nSPS) is 21.3. The molecule has 7 rings (SSSR count). The molecular formula is C33H32ClN5O9S. The van der Waals surface area contributed by atoms with Crippen LogP contribution in [0.4, 0.5) is 32.3 Å². The Hall–Kier alpha value is -4.70. The Morgan fingerprint density at radius 2 is 1.10 bits per heavy atom. The van der Waals surface area contributed by atoms with Gasteiger partial charge in [0.05, 0.1) is 48.6 Å². The van der Waals surface area contributed by atoms with Crippen LogP contribution >= 0.6 is 22.9 Å². The number of halogens is 1. The molecular weight excluding hydrogens is 678 g/mol. The van der Waals surface area contributed by atoms with Crippen LogP contribution in [0.3, 0.4) is 0 Å². The Kier molecular flexibility index (Phi) is 9.40. The van der Waals surface area contributed by atoms with Gasteiger partial charge in [0, 0.05) is 35.8 Å². The number of morpholine rings is 2. The van der Waals surface area contributed by atoms with Crippen LogP contribution in [0.2, 0.25) is 4.34 Å². The van der Waals surface area contributed by atoms with Crippen LogP contribution in [0.5, 0.6) is 0 Å². The lowest BCUT2D eigenvalue weighted by Crippen LogP contribution is -2.44. The maximum absolute atomic E-state index is 13.7. The van der Waals surface area contributed by atoms with Crippen LogP contribution in [0.25, 0.3) is 0 Å². The zero-order valence-corrected chi connectivity index (χ0v) is 27.8. The standard InChI is InChI=1S/C33H32ClN5O9S/c34-28-10-9-27(49-28)31(42)35(15-25-17-38(32(43)47-25)23-5-1-21(2-6-23)36-11-13-45-19-29(36)40)16-26-18-39(33(44)48-26)24-7-3-22(4-8-24)37-12-14-46-20-30(37)41/h1-10,25-26H,11-20H2/t25-,26-/m0/s1. The first kappa shape index (κ1) is 32.8. The van der Waals surface area contributed by atoms with Crippen LogP contribution in [-0.4, -0.2) is 113 Å². The van der Waals surface area contributed by atoms with E-state index in [1.807, 2.05) is 0 Å². The largest absolute Gasteiger partial charge is 0.442 e. The number of amides is 5. The van der Waals surface area contributed by atoms with Crippen LogP contribution in [0, 0.1) is 0 Å². The molecule has 0 saturated carbocycles. The minimum absolute atomic E-state index is 0.0263. The molecule has 1 aromatic heterocycles. The van der Waals surface area contributed by atoms with Crippen LogP contribution < -0.4 is 19.6 Å². The maximum Gasteiger partial charge on any atom is 0.414 e. The monoisotopic (exact) mass is 709 g/mol. The minimum atomic E-state index is -0.670. The average molecular weight is 710 g/mol. The third-order valence-corrected chi connectivity index (χ3v) is 9.80. The number of ether oxygens (including phenoxy) is 4. The fourth-order valence-electron chi connectivity index (χ4n) is 6.18. The van der Waals surface area contributed by atoms with Crippen molar-refractivity contribution >= 4 is 75.6 Å². The molecule has 4 saturated heterocycles. The number of nitrogens with zero attached hydrogens (tertiary/aromatic N) is 5. The molecule has 16 heteroatoms. The highest BCUT2D eigenvalue weighted by Gasteiger charge is 2.39. The first-order valence-corrected chi connectivity index (χ1v) is 16.9. The molecule has 0 radical (unpaired) electrons. The van der Waals surface area contributed by atoms with E-state index in [1.165, 1.54) is 14.7 Å². The highest BCUT2D eigenvalue weighted by molar-refractivity contribution is 7.18. The summed E-state index contributed by atoms with van der Waals surface area (Å²) in [6, 6.07) is 17.3. The predicted molar refractivity (Wildman–Crippen MR) is 180 cm³/mol. The Labute approximate surface area is 290 Å². The SMILES string of the molecule is O=C(c1ccc(Cl)s1)N(C[C@H]1CN(c2ccc(N3CCOCC3=O)cc2)C(=O)O1)C[C@H]1CN(c2ccc(N3CCOCC3=O)cc2)C(=O)O1. The number of rotatable bonds is 9. The van der Waals surface area contributed by atoms with Gasteiger partial charge in [-0.1, -0.05) is 11.6 Å². The van der Waals surface area contributed by atoms with Gasteiger partial charge in [-0.05, 0) is 60.7 Å². The fraction of sp³-hybridized carbons (Fsp3) is 0.364. The number of carbonyl (C=O) groups is 5. The van der Waals surface area contributed by atoms with Gasteiger partial charge >= 0.3 is 12.2 Å². The van der Waals surface area contributed by atoms with Crippen molar-refractivity contribution in [1.82, 2.24) is 4.90 Å². The summed E-state index contributed by atoms with van der Waals surface area (Å²) in [4.78, 5) is 72.3. The van der Waals surface area contributed by atoms with Crippen molar-refractivity contribution in [3.8, 4) is 0 Å². The number of hydrogen-bond acceptors (Lipinski definition) is 10. The van der Waals surface area contributed by atoms with Crippen LogP contribution in [0.1, 0.15) is 9.67 Å². The number of carbonyl (C=O) groups excluding carboxylic acids is 5. The summed E-state index contributed by atoms with van der Waals surface area (Å²) in [6.07, 6.45) is -2.47. The Balaban J connectivity index is 1.02.